The second-order valence-corrected chi connectivity index (χ2v) is 5.44. The van der Waals surface area contributed by atoms with Gasteiger partial charge >= 0.3 is 0 Å². The normalized spacial score (nSPS) is 11.0. The minimum Gasteiger partial charge on any atom is -0.491 e. The van der Waals surface area contributed by atoms with E-state index in [1.807, 2.05) is 62.4 Å². The van der Waals surface area contributed by atoms with Crippen LogP contribution < -0.4 is 4.74 Å². The fourth-order valence-corrected chi connectivity index (χ4v) is 2.48. The van der Waals surface area contributed by atoms with Gasteiger partial charge in [0.05, 0.1) is 6.10 Å². The molecule has 0 radical (unpaired) electrons. The quantitative estimate of drug-likeness (QED) is 0.700. The maximum absolute atomic E-state index is 6.12. The van der Waals surface area contributed by atoms with Gasteiger partial charge in [-0.1, -0.05) is 48.0 Å². The Labute approximate surface area is 128 Å². The second-order valence-electron chi connectivity index (χ2n) is 5.08. The summed E-state index contributed by atoms with van der Waals surface area (Å²) < 4.78 is 5.74. The van der Waals surface area contributed by atoms with Gasteiger partial charge in [-0.2, -0.15) is 0 Å². The monoisotopic (exact) mass is 298 g/mol. The summed E-state index contributed by atoms with van der Waals surface area (Å²) in [7, 11) is 0. The first kappa shape index (κ1) is 13.8. The molecule has 0 aliphatic rings. The van der Waals surface area contributed by atoms with Crippen LogP contribution in [0, 0.1) is 0 Å². The number of nitrogens with zero attached hydrogens (tertiary/aromatic N) is 2. The van der Waals surface area contributed by atoms with Gasteiger partial charge in [0.2, 0.25) is 0 Å². The Morgan fingerprint density at radius 1 is 0.952 bits per heavy atom. The smallest absolute Gasteiger partial charge is 0.159 e. The summed E-state index contributed by atoms with van der Waals surface area (Å²) in [5.41, 5.74) is 1.78. The molecule has 0 fully saturated rings. The summed E-state index contributed by atoms with van der Waals surface area (Å²) >= 11 is 6.12. The molecule has 0 N–H and O–H groups in total. The lowest BCUT2D eigenvalue weighted by atomic mass is 10.1. The highest BCUT2D eigenvalue weighted by atomic mass is 35.5. The van der Waals surface area contributed by atoms with Crippen LogP contribution >= 0.6 is 11.6 Å². The van der Waals surface area contributed by atoms with Crippen molar-refractivity contribution in [3.05, 3.63) is 53.7 Å². The van der Waals surface area contributed by atoms with Crippen molar-refractivity contribution in [3.8, 4) is 17.0 Å². The number of hydrogen-bond acceptors (Lipinski definition) is 3. The van der Waals surface area contributed by atoms with Crippen LogP contribution in [-0.4, -0.2) is 16.3 Å². The Bertz CT molecular complexity index is 787. The number of halogens is 1. The summed E-state index contributed by atoms with van der Waals surface area (Å²) in [5.74, 6) is 0.823. The number of ether oxygens (including phenoxy) is 1. The zero-order valence-electron chi connectivity index (χ0n) is 11.9. The van der Waals surface area contributed by atoms with E-state index in [2.05, 4.69) is 10.2 Å². The zero-order valence-corrected chi connectivity index (χ0v) is 12.6. The topological polar surface area (TPSA) is 35.0 Å². The molecular formula is C17H15ClN2O. The third-order valence-corrected chi connectivity index (χ3v) is 3.40. The van der Waals surface area contributed by atoms with Crippen molar-refractivity contribution in [2.75, 3.05) is 0 Å². The molecule has 4 heteroatoms. The van der Waals surface area contributed by atoms with Crippen molar-refractivity contribution in [1.29, 1.82) is 0 Å². The Hall–Kier alpha value is -2.13. The first-order chi connectivity index (χ1) is 10.1. The number of benzene rings is 2. The molecular weight excluding hydrogens is 284 g/mol. The minimum absolute atomic E-state index is 0.133. The zero-order chi connectivity index (χ0) is 14.8. The Balaban J connectivity index is 2.15. The molecule has 0 saturated heterocycles. The maximum Gasteiger partial charge on any atom is 0.159 e. The van der Waals surface area contributed by atoms with Gasteiger partial charge in [-0.25, -0.2) is 0 Å². The highest BCUT2D eigenvalue weighted by molar-refractivity contribution is 6.34. The van der Waals surface area contributed by atoms with Gasteiger partial charge in [0.25, 0.3) is 0 Å². The van der Waals surface area contributed by atoms with Gasteiger partial charge in [-0.15, -0.1) is 10.2 Å². The number of fused-ring (bicyclic) bond motifs is 1. The van der Waals surface area contributed by atoms with Gasteiger partial charge in [0, 0.05) is 16.3 Å². The first-order valence-electron chi connectivity index (χ1n) is 6.83. The van der Waals surface area contributed by atoms with Crippen molar-refractivity contribution < 1.29 is 4.74 Å². The van der Waals surface area contributed by atoms with Gasteiger partial charge < -0.3 is 4.74 Å². The molecule has 0 unspecified atom stereocenters. The van der Waals surface area contributed by atoms with E-state index >= 15 is 0 Å². The second kappa shape index (κ2) is 5.70. The molecule has 2 aromatic carbocycles. The highest BCUT2D eigenvalue weighted by Gasteiger charge is 2.10. The molecule has 0 aliphatic heterocycles. The molecule has 106 valence electrons. The first-order valence-corrected chi connectivity index (χ1v) is 7.21. The number of rotatable bonds is 3. The van der Waals surface area contributed by atoms with E-state index < -0.39 is 0 Å². The van der Waals surface area contributed by atoms with Crippen LogP contribution in [0.5, 0.6) is 5.75 Å². The molecule has 3 aromatic rings. The molecule has 1 heterocycles. The van der Waals surface area contributed by atoms with Crippen LogP contribution in [0.4, 0.5) is 0 Å². The van der Waals surface area contributed by atoms with Crippen LogP contribution in [0.1, 0.15) is 13.8 Å². The van der Waals surface area contributed by atoms with Crippen LogP contribution in [0.15, 0.2) is 48.5 Å². The van der Waals surface area contributed by atoms with Crippen molar-refractivity contribution in [3.63, 3.8) is 0 Å². The lowest BCUT2D eigenvalue weighted by Crippen LogP contribution is -2.05. The minimum atomic E-state index is 0.133. The largest absolute Gasteiger partial charge is 0.491 e. The van der Waals surface area contributed by atoms with E-state index in [0.29, 0.717) is 5.15 Å². The Morgan fingerprint density at radius 3 is 2.48 bits per heavy atom. The van der Waals surface area contributed by atoms with Gasteiger partial charge in [-0.05, 0) is 26.0 Å². The van der Waals surface area contributed by atoms with Crippen LogP contribution in [0.25, 0.3) is 22.0 Å². The Kier molecular flexibility index (Phi) is 3.76. The van der Waals surface area contributed by atoms with Crippen LogP contribution in [-0.2, 0) is 0 Å². The highest BCUT2D eigenvalue weighted by Crippen LogP contribution is 2.31. The fraction of sp³-hybridized carbons (Fsp3) is 0.176. The third kappa shape index (κ3) is 2.83. The predicted octanol–water partition coefficient (Wildman–Crippen LogP) is 4.74. The summed E-state index contributed by atoms with van der Waals surface area (Å²) in [6.45, 7) is 4.01. The van der Waals surface area contributed by atoms with Crippen molar-refractivity contribution in [1.82, 2.24) is 10.2 Å². The van der Waals surface area contributed by atoms with Gasteiger partial charge in [0.15, 0.2) is 5.15 Å². The molecule has 3 rings (SSSR count). The van der Waals surface area contributed by atoms with E-state index in [4.69, 9.17) is 16.3 Å². The summed E-state index contributed by atoms with van der Waals surface area (Å²) in [5, 5.41) is 10.6. The molecule has 0 bridgehead atoms. The number of hydrogen-bond donors (Lipinski definition) is 0. The summed E-state index contributed by atoms with van der Waals surface area (Å²) in [6, 6.07) is 15.7. The fourth-order valence-electron chi connectivity index (χ4n) is 2.27. The van der Waals surface area contributed by atoms with E-state index in [1.54, 1.807) is 0 Å². The predicted molar refractivity (Wildman–Crippen MR) is 85.7 cm³/mol. The molecule has 3 nitrogen and oxygen atoms in total. The van der Waals surface area contributed by atoms with Gasteiger partial charge in [-0.3, -0.25) is 0 Å². The molecule has 0 aliphatic carbocycles. The van der Waals surface area contributed by atoms with Crippen molar-refractivity contribution in [2.45, 2.75) is 20.0 Å². The van der Waals surface area contributed by atoms with Crippen LogP contribution in [0.2, 0.25) is 5.15 Å². The van der Waals surface area contributed by atoms with Gasteiger partial charge in [0.1, 0.15) is 11.4 Å². The average Bonchev–Trinajstić information content (AvgIpc) is 2.47. The summed E-state index contributed by atoms with van der Waals surface area (Å²) in [4.78, 5) is 0. The lowest BCUT2D eigenvalue weighted by Gasteiger charge is -2.11. The Morgan fingerprint density at radius 2 is 1.71 bits per heavy atom. The van der Waals surface area contributed by atoms with Crippen molar-refractivity contribution >= 4 is 22.4 Å². The van der Waals surface area contributed by atoms with Crippen LogP contribution in [0.3, 0.4) is 0 Å². The average molecular weight is 299 g/mol. The van der Waals surface area contributed by atoms with E-state index in [1.165, 1.54) is 0 Å². The van der Waals surface area contributed by atoms with Crippen molar-refractivity contribution in [2.24, 2.45) is 0 Å². The van der Waals surface area contributed by atoms with E-state index in [-0.39, 0.29) is 6.10 Å². The standard InChI is InChI=1S/C17H15ClN2O/c1-11(2)21-13-7-5-6-12(10-13)16-14-8-3-4-9-15(14)17(18)20-19-16/h3-11H,1-2H3. The summed E-state index contributed by atoms with van der Waals surface area (Å²) in [6.07, 6.45) is 0.133. The lowest BCUT2D eigenvalue weighted by molar-refractivity contribution is 0.242. The van der Waals surface area contributed by atoms with E-state index in [9.17, 15) is 0 Å². The molecule has 0 saturated carbocycles. The molecule has 1 aromatic heterocycles. The SMILES string of the molecule is CC(C)Oc1cccc(-c2nnc(Cl)c3ccccc23)c1. The third-order valence-electron chi connectivity index (χ3n) is 3.12. The number of aromatic nitrogens is 2. The maximum atomic E-state index is 6.12. The molecule has 0 spiro atoms. The molecule has 0 amide bonds. The molecule has 21 heavy (non-hydrogen) atoms. The molecule has 0 atom stereocenters. The van der Waals surface area contributed by atoms with E-state index in [0.717, 1.165) is 27.8 Å².